The van der Waals surface area contributed by atoms with Crippen LogP contribution in [0.5, 0.6) is 0 Å². The minimum Gasteiger partial charge on any atom is -1.00 e. The van der Waals surface area contributed by atoms with Gasteiger partial charge in [0.25, 0.3) is 10.1 Å². The fourth-order valence-corrected chi connectivity index (χ4v) is 3.61. The molecule has 0 fully saturated rings. The number of unbranched alkanes of at least 4 members (excludes halogenated alkanes) is 14. The van der Waals surface area contributed by atoms with E-state index in [1.807, 2.05) is 0 Å². The molecule has 0 spiro atoms. The Morgan fingerprint density at radius 2 is 1.18 bits per heavy atom. The van der Waals surface area contributed by atoms with Crippen molar-refractivity contribution in [2.24, 2.45) is 0 Å². The molecule has 0 aromatic carbocycles. The standard InChI is InChI=1S/C21H43NO4S.Na.H/c1-2-3-4-5-6-7-8-9-10-11-12-13-14-15-16-17-21(23)20-22-18-19-27(24,25)26;;/h22H,2-20H2,1H3,(H,24,25,26);;/q;+1;-1. The normalized spacial score (nSPS) is 11.4. The van der Waals surface area contributed by atoms with Crippen LogP contribution >= 0.6 is 0 Å². The molecule has 0 bridgehead atoms. The molecule has 0 radical (unpaired) electrons. The molecule has 0 heterocycles. The SMILES string of the molecule is CCCCCCCCCCCCCCCCCC(=O)CNCCS(=O)(=O)O.[H-].[Na+]. The van der Waals surface area contributed by atoms with Crippen molar-refractivity contribution in [1.29, 1.82) is 0 Å². The predicted molar refractivity (Wildman–Crippen MR) is 115 cm³/mol. The molecule has 0 aromatic heterocycles. The molecule has 0 rings (SSSR count). The Labute approximate surface area is 197 Å². The number of hydrogen-bond donors (Lipinski definition) is 2. The van der Waals surface area contributed by atoms with Gasteiger partial charge in [-0.1, -0.05) is 96.8 Å². The van der Waals surface area contributed by atoms with E-state index in [4.69, 9.17) is 4.55 Å². The fraction of sp³-hybridized carbons (Fsp3) is 0.952. The average Bonchev–Trinajstić information content (AvgIpc) is 2.61. The van der Waals surface area contributed by atoms with Gasteiger partial charge in [-0.2, -0.15) is 8.42 Å². The summed E-state index contributed by atoms with van der Waals surface area (Å²) >= 11 is 0. The van der Waals surface area contributed by atoms with Crippen LogP contribution in [0.25, 0.3) is 0 Å². The van der Waals surface area contributed by atoms with Crippen molar-refractivity contribution in [2.45, 2.75) is 110 Å². The van der Waals surface area contributed by atoms with Crippen molar-refractivity contribution >= 4 is 15.9 Å². The van der Waals surface area contributed by atoms with Crippen LogP contribution in [0.2, 0.25) is 0 Å². The van der Waals surface area contributed by atoms with Gasteiger partial charge in [-0.15, -0.1) is 0 Å². The minimum atomic E-state index is -3.94. The molecule has 2 N–H and O–H groups in total. The maximum atomic E-state index is 11.6. The third kappa shape index (κ3) is 26.5. The van der Waals surface area contributed by atoms with E-state index in [9.17, 15) is 13.2 Å². The summed E-state index contributed by atoms with van der Waals surface area (Å²) in [5, 5.41) is 2.76. The predicted octanol–water partition coefficient (Wildman–Crippen LogP) is 2.41. The van der Waals surface area contributed by atoms with Crippen molar-refractivity contribution < 1.29 is 48.7 Å². The summed E-state index contributed by atoms with van der Waals surface area (Å²) in [6, 6.07) is 0. The van der Waals surface area contributed by atoms with Crippen LogP contribution in [0.1, 0.15) is 111 Å². The Hall–Kier alpha value is 0.540. The summed E-state index contributed by atoms with van der Waals surface area (Å²) in [4.78, 5) is 11.6. The van der Waals surface area contributed by atoms with E-state index in [-0.39, 0.29) is 55.6 Å². The summed E-state index contributed by atoms with van der Waals surface area (Å²) in [5.74, 6) is -0.237. The molecule has 0 atom stereocenters. The molecule has 0 saturated carbocycles. The first kappa shape index (κ1) is 30.7. The van der Waals surface area contributed by atoms with Crippen LogP contribution in [-0.4, -0.2) is 37.6 Å². The van der Waals surface area contributed by atoms with E-state index in [0.717, 1.165) is 12.8 Å². The molecule has 0 aliphatic carbocycles. The van der Waals surface area contributed by atoms with Gasteiger partial charge in [-0.25, -0.2) is 0 Å². The molecule has 0 aliphatic rings. The van der Waals surface area contributed by atoms with Crippen LogP contribution in [0.15, 0.2) is 0 Å². The largest absolute Gasteiger partial charge is 1.00 e. The third-order valence-corrected chi connectivity index (χ3v) is 5.64. The van der Waals surface area contributed by atoms with Crippen LogP contribution < -0.4 is 34.9 Å². The van der Waals surface area contributed by atoms with E-state index in [1.54, 1.807) is 0 Å². The van der Waals surface area contributed by atoms with Crippen LogP contribution in [-0.2, 0) is 14.9 Å². The minimum absolute atomic E-state index is 0. The smallest absolute Gasteiger partial charge is 1.00 e. The van der Waals surface area contributed by atoms with Crippen molar-refractivity contribution in [3.63, 3.8) is 0 Å². The molecule has 0 amide bonds. The Bertz CT molecular complexity index is 450. The van der Waals surface area contributed by atoms with E-state index < -0.39 is 10.1 Å². The van der Waals surface area contributed by atoms with Gasteiger partial charge in [-0.05, 0) is 6.42 Å². The topological polar surface area (TPSA) is 83.5 Å². The van der Waals surface area contributed by atoms with Gasteiger partial charge < -0.3 is 6.74 Å². The van der Waals surface area contributed by atoms with Gasteiger partial charge in [0, 0.05) is 13.0 Å². The molecule has 5 nitrogen and oxygen atoms in total. The molecule has 0 aliphatic heterocycles. The zero-order valence-electron chi connectivity index (χ0n) is 19.5. The number of hydrogen-bond acceptors (Lipinski definition) is 4. The van der Waals surface area contributed by atoms with Crippen LogP contribution in [0, 0.1) is 0 Å². The van der Waals surface area contributed by atoms with Gasteiger partial charge in [-0.3, -0.25) is 9.35 Å². The van der Waals surface area contributed by atoms with E-state index in [2.05, 4.69) is 12.2 Å². The summed E-state index contributed by atoms with van der Waals surface area (Å²) in [7, 11) is -3.94. The first-order chi connectivity index (χ1) is 13.0. The van der Waals surface area contributed by atoms with E-state index in [1.165, 1.54) is 83.5 Å². The fourth-order valence-electron chi connectivity index (χ4n) is 3.21. The average molecular weight is 430 g/mol. The molecule has 0 saturated heterocycles. The zero-order chi connectivity index (χ0) is 20.2. The molecule has 0 unspecified atom stereocenters. The molecular formula is C21H44NNaO4S. The van der Waals surface area contributed by atoms with E-state index >= 15 is 0 Å². The Morgan fingerprint density at radius 1 is 0.786 bits per heavy atom. The first-order valence-electron chi connectivity index (χ1n) is 11.1. The van der Waals surface area contributed by atoms with Crippen molar-refractivity contribution in [3.8, 4) is 0 Å². The number of carbonyl (C=O) groups is 1. The van der Waals surface area contributed by atoms with Gasteiger partial charge in [0.1, 0.15) is 5.78 Å². The second-order valence-corrected chi connectivity index (χ2v) is 9.27. The maximum Gasteiger partial charge on any atom is 1.00 e. The summed E-state index contributed by atoms with van der Waals surface area (Å²) in [6.07, 6.45) is 20.2. The number of nitrogens with one attached hydrogen (secondary N) is 1. The second kappa shape index (κ2) is 22.2. The molecular weight excluding hydrogens is 385 g/mol. The maximum absolute atomic E-state index is 11.6. The van der Waals surface area contributed by atoms with Crippen LogP contribution in [0.4, 0.5) is 0 Å². The van der Waals surface area contributed by atoms with Gasteiger partial charge in [0.2, 0.25) is 0 Å². The molecule has 28 heavy (non-hydrogen) atoms. The van der Waals surface area contributed by atoms with Crippen molar-refractivity contribution in [3.05, 3.63) is 0 Å². The second-order valence-electron chi connectivity index (χ2n) is 7.70. The van der Waals surface area contributed by atoms with Crippen LogP contribution in [0.3, 0.4) is 0 Å². The quantitative estimate of drug-likeness (QED) is 0.166. The van der Waals surface area contributed by atoms with Crippen molar-refractivity contribution in [1.82, 2.24) is 5.32 Å². The molecule has 7 heteroatoms. The van der Waals surface area contributed by atoms with E-state index in [0.29, 0.717) is 6.42 Å². The number of carbonyl (C=O) groups excluding carboxylic acids is 1. The summed E-state index contributed by atoms with van der Waals surface area (Å²) in [5.41, 5.74) is 0. The number of ketones is 1. The van der Waals surface area contributed by atoms with Gasteiger partial charge >= 0.3 is 29.6 Å². The Balaban J connectivity index is -0.00000338. The Kier molecular flexibility index (Phi) is 24.4. The van der Waals surface area contributed by atoms with Crippen molar-refractivity contribution in [2.75, 3.05) is 18.8 Å². The molecule has 164 valence electrons. The summed E-state index contributed by atoms with van der Waals surface area (Å²) < 4.78 is 29.7. The monoisotopic (exact) mass is 429 g/mol. The van der Waals surface area contributed by atoms with Gasteiger partial charge in [0.05, 0.1) is 12.3 Å². The van der Waals surface area contributed by atoms with Gasteiger partial charge in [0.15, 0.2) is 0 Å². The third-order valence-electron chi connectivity index (χ3n) is 4.92. The first-order valence-corrected chi connectivity index (χ1v) is 12.7. The Morgan fingerprint density at radius 3 is 1.57 bits per heavy atom. The molecule has 0 aromatic rings. The summed E-state index contributed by atoms with van der Waals surface area (Å²) in [6.45, 7) is 2.56. The zero-order valence-corrected chi connectivity index (χ0v) is 21.3. The number of rotatable bonds is 21. The number of Topliss-reactive ketones (excluding diaryl/α,β-unsaturated/α-hetero) is 1.